The summed E-state index contributed by atoms with van der Waals surface area (Å²) in [5.41, 5.74) is 3.60. The van der Waals surface area contributed by atoms with Gasteiger partial charge in [-0.05, 0) is 73.9 Å². The van der Waals surface area contributed by atoms with Gasteiger partial charge in [-0.1, -0.05) is 25.0 Å². The molecule has 0 bridgehead atoms. The first-order chi connectivity index (χ1) is 17.9. The van der Waals surface area contributed by atoms with Gasteiger partial charge >= 0.3 is 59.1 Å². The molecule has 8 nitrogen and oxygen atoms in total. The molecular formula is C29H30N2Na2O6. The average molecular weight is 549 g/mol. The van der Waals surface area contributed by atoms with E-state index in [1.807, 2.05) is 48.5 Å². The number of benzene rings is 3. The molecule has 10 heteroatoms. The van der Waals surface area contributed by atoms with Crippen LogP contribution in [0.2, 0.25) is 0 Å². The number of nitrogens with zero attached hydrogens (tertiary/aromatic N) is 2. The smallest absolute Gasteiger partial charge is 0.549 e. The number of carbonyl (C=O) groups is 2. The number of anilines is 1. The third-order valence-corrected chi connectivity index (χ3v) is 6.53. The Labute approximate surface area is 272 Å². The van der Waals surface area contributed by atoms with Gasteiger partial charge in [0.1, 0.15) is 11.3 Å². The third kappa shape index (κ3) is 8.46. The fourth-order valence-corrected chi connectivity index (χ4v) is 4.42. The van der Waals surface area contributed by atoms with E-state index in [0.29, 0.717) is 31.8 Å². The minimum absolute atomic E-state index is 0. The van der Waals surface area contributed by atoms with Crippen LogP contribution in [0.1, 0.15) is 39.5 Å². The number of oxazole rings is 1. The number of carboxylic acid groups (broad SMARTS) is 2. The van der Waals surface area contributed by atoms with E-state index in [-0.39, 0.29) is 65.5 Å². The molecule has 3 aromatic carbocycles. The summed E-state index contributed by atoms with van der Waals surface area (Å²) in [7, 11) is 0. The van der Waals surface area contributed by atoms with Crippen molar-refractivity contribution in [2.45, 2.75) is 39.5 Å². The van der Waals surface area contributed by atoms with E-state index in [4.69, 9.17) is 9.15 Å². The van der Waals surface area contributed by atoms with Crippen LogP contribution >= 0.6 is 0 Å². The number of carboxylic acids is 2. The number of carbonyl (C=O) groups excluding carboxylic acids is 2. The number of ether oxygens (including phenoxy) is 1. The predicted octanol–water partition coefficient (Wildman–Crippen LogP) is -2.44. The van der Waals surface area contributed by atoms with E-state index in [9.17, 15) is 19.8 Å². The molecule has 0 aliphatic heterocycles. The van der Waals surface area contributed by atoms with Crippen molar-refractivity contribution in [3.8, 4) is 17.2 Å². The zero-order valence-corrected chi connectivity index (χ0v) is 27.1. The maximum atomic E-state index is 10.8. The molecule has 0 fully saturated rings. The summed E-state index contributed by atoms with van der Waals surface area (Å²) in [5, 5.41) is 23.6. The summed E-state index contributed by atoms with van der Waals surface area (Å²) >= 11 is 0. The zero-order chi connectivity index (χ0) is 26.4. The molecule has 0 radical (unpaired) electrons. The van der Waals surface area contributed by atoms with Gasteiger partial charge in [0, 0.05) is 36.3 Å². The van der Waals surface area contributed by atoms with Gasteiger partial charge in [-0.2, -0.15) is 0 Å². The van der Waals surface area contributed by atoms with Crippen LogP contribution in [0.25, 0.3) is 33.3 Å². The van der Waals surface area contributed by atoms with Crippen LogP contribution in [0.4, 0.5) is 5.69 Å². The van der Waals surface area contributed by atoms with Gasteiger partial charge in [-0.15, -0.1) is 0 Å². The topological polar surface area (TPSA) is 119 Å². The normalized spacial score (nSPS) is 10.7. The van der Waals surface area contributed by atoms with Gasteiger partial charge in [-0.25, -0.2) is 4.98 Å². The van der Waals surface area contributed by atoms with Crippen LogP contribution < -0.4 is 79.0 Å². The Bertz CT molecular complexity index is 1390. The average Bonchev–Trinajstić information content (AvgIpc) is 3.32. The number of aromatic nitrogens is 1. The van der Waals surface area contributed by atoms with Crippen LogP contribution in [-0.4, -0.2) is 36.6 Å². The standard InChI is InChI=1S/C29H32N2O6.2Na/c1-3-31(4-2)22-12-14-25-26(18-22)37-27(30-25)21-10-9-20-17-23(13-11-19(20)16-21)36-15-7-5-6-8-24(28(32)33)29(34)35;;/h9-14,16-18,24H,3-8,15H2,1-2H3,(H,32,33)(H,34,35);;/q;2*+1/p-2. The van der Waals surface area contributed by atoms with Crippen molar-refractivity contribution in [3.63, 3.8) is 0 Å². The summed E-state index contributed by atoms with van der Waals surface area (Å²) in [4.78, 5) is 28.5. The van der Waals surface area contributed by atoms with Gasteiger partial charge in [0.25, 0.3) is 0 Å². The van der Waals surface area contributed by atoms with Crippen molar-refractivity contribution in [3.05, 3.63) is 54.6 Å². The van der Waals surface area contributed by atoms with Gasteiger partial charge in [0.2, 0.25) is 5.89 Å². The summed E-state index contributed by atoms with van der Waals surface area (Å²) in [6.07, 6.45) is 1.77. The largest absolute Gasteiger partial charge is 1.00 e. The third-order valence-electron chi connectivity index (χ3n) is 6.53. The second-order valence-electron chi connectivity index (χ2n) is 8.96. The van der Waals surface area contributed by atoms with Crippen molar-refractivity contribution in [1.82, 2.24) is 4.98 Å². The maximum absolute atomic E-state index is 10.8. The number of hydrogen-bond acceptors (Lipinski definition) is 8. The summed E-state index contributed by atoms with van der Waals surface area (Å²) in [6.45, 7) is 6.56. The number of unbranched alkanes of at least 4 members (excludes halogenated alkanes) is 2. The molecule has 0 aliphatic carbocycles. The molecule has 0 N–H and O–H groups in total. The molecule has 0 aliphatic rings. The fraction of sp³-hybridized carbons (Fsp3) is 0.345. The quantitative estimate of drug-likeness (QED) is 0.103. The molecule has 0 saturated carbocycles. The Morgan fingerprint density at radius 2 is 1.59 bits per heavy atom. The Hall–Kier alpha value is -2.07. The first-order valence-corrected chi connectivity index (χ1v) is 12.6. The van der Waals surface area contributed by atoms with Crippen molar-refractivity contribution in [2.24, 2.45) is 5.92 Å². The molecular weight excluding hydrogens is 518 g/mol. The summed E-state index contributed by atoms with van der Waals surface area (Å²) in [5.74, 6) is -3.46. The van der Waals surface area contributed by atoms with E-state index in [1.165, 1.54) is 0 Å². The molecule has 0 spiro atoms. The van der Waals surface area contributed by atoms with Gasteiger partial charge < -0.3 is 33.9 Å². The van der Waals surface area contributed by atoms with E-state index >= 15 is 0 Å². The number of hydrogen-bond donors (Lipinski definition) is 0. The minimum Gasteiger partial charge on any atom is -0.549 e. The van der Waals surface area contributed by atoms with E-state index < -0.39 is 17.9 Å². The predicted molar refractivity (Wildman–Crippen MR) is 138 cm³/mol. The molecule has 0 amide bonds. The second kappa shape index (κ2) is 15.6. The van der Waals surface area contributed by atoms with Crippen LogP contribution in [0.3, 0.4) is 0 Å². The first kappa shape index (κ1) is 33.1. The van der Waals surface area contributed by atoms with E-state index in [2.05, 4.69) is 29.8 Å². The Morgan fingerprint density at radius 3 is 2.28 bits per heavy atom. The monoisotopic (exact) mass is 548 g/mol. The first-order valence-electron chi connectivity index (χ1n) is 12.6. The Balaban J connectivity index is 0.00000267. The molecule has 4 rings (SSSR count). The molecule has 1 heterocycles. The fourth-order valence-electron chi connectivity index (χ4n) is 4.42. The maximum Gasteiger partial charge on any atom is 1.00 e. The summed E-state index contributed by atoms with van der Waals surface area (Å²) in [6, 6.07) is 18.0. The SMILES string of the molecule is CCN(CC)c1ccc2nc(-c3ccc4cc(OCCCCCC(C(=O)[O-])C(=O)[O-])ccc4c3)oc2c1.[Na+].[Na+]. The molecule has 4 aromatic rings. The number of rotatable bonds is 13. The molecule has 0 saturated heterocycles. The van der Waals surface area contributed by atoms with Crippen LogP contribution in [-0.2, 0) is 9.59 Å². The minimum atomic E-state index is -1.60. The van der Waals surface area contributed by atoms with Crippen molar-refractivity contribution in [1.29, 1.82) is 0 Å². The Kier molecular flexibility index (Phi) is 13.3. The van der Waals surface area contributed by atoms with Crippen LogP contribution in [0, 0.1) is 5.92 Å². The number of aliphatic carboxylic acids is 2. The van der Waals surface area contributed by atoms with Crippen molar-refractivity contribution in [2.75, 3.05) is 24.6 Å². The Morgan fingerprint density at radius 1 is 0.897 bits per heavy atom. The van der Waals surface area contributed by atoms with Gasteiger partial charge in [0.15, 0.2) is 5.58 Å². The van der Waals surface area contributed by atoms with Crippen LogP contribution in [0.15, 0.2) is 59.0 Å². The van der Waals surface area contributed by atoms with Crippen molar-refractivity contribution >= 4 is 39.5 Å². The number of fused-ring (bicyclic) bond motifs is 2. The van der Waals surface area contributed by atoms with Crippen LogP contribution in [0.5, 0.6) is 5.75 Å². The van der Waals surface area contributed by atoms with Gasteiger partial charge in [-0.3, -0.25) is 0 Å². The molecule has 39 heavy (non-hydrogen) atoms. The molecule has 0 unspecified atom stereocenters. The van der Waals surface area contributed by atoms with E-state index in [0.717, 1.165) is 52.0 Å². The second-order valence-corrected chi connectivity index (χ2v) is 8.96. The molecule has 194 valence electrons. The molecule has 0 atom stereocenters. The van der Waals surface area contributed by atoms with Crippen molar-refractivity contribution < 1.29 is 88.1 Å². The molecule has 1 aromatic heterocycles. The summed E-state index contributed by atoms with van der Waals surface area (Å²) < 4.78 is 11.9. The van der Waals surface area contributed by atoms with Gasteiger partial charge in [0.05, 0.1) is 18.5 Å². The van der Waals surface area contributed by atoms with E-state index in [1.54, 1.807) is 0 Å². The zero-order valence-electron chi connectivity index (χ0n) is 23.1.